The molecule has 1 aromatic carbocycles. The number of hydrogen-bond acceptors (Lipinski definition) is 8. The second kappa shape index (κ2) is 9.67. The maximum Gasteiger partial charge on any atom is 0.256 e. The lowest BCUT2D eigenvalue weighted by molar-refractivity contribution is -0.118. The molecule has 5 rings (SSSR count). The number of benzene rings is 1. The van der Waals surface area contributed by atoms with Crippen molar-refractivity contribution in [3.8, 4) is 0 Å². The number of nitrogens with zero attached hydrogens (tertiary/aromatic N) is 4. The maximum atomic E-state index is 13.0. The molecular formula is C22H22N6O3S2. The first-order valence-electron chi connectivity index (χ1n) is 10.5. The molecule has 0 saturated carbocycles. The average molecular weight is 483 g/mol. The van der Waals surface area contributed by atoms with Crippen molar-refractivity contribution < 1.29 is 14.0 Å². The normalized spacial score (nSPS) is 14.1. The Morgan fingerprint density at radius 3 is 2.79 bits per heavy atom. The van der Waals surface area contributed by atoms with E-state index in [2.05, 4.69) is 25.4 Å². The molecule has 170 valence electrons. The molecule has 2 amide bonds. The fourth-order valence-corrected chi connectivity index (χ4v) is 5.41. The van der Waals surface area contributed by atoms with Gasteiger partial charge >= 0.3 is 0 Å². The molecule has 1 saturated heterocycles. The summed E-state index contributed by atoms with van der Waals surface area (Å²) < 4.78 is 5.95. The third-order valence-corrected chi connectivity index (χ3v) is 7.54. The fraction of sp³-hybridized carbons (Fsp3) is 0.273. The molecule has 1 aliphatic heterocycles. The van der Waals surface area contributed by atoms with Gasteiger partial charge in [0.1, 0.15) is 5.76 Å². The van der Waals surface area contributed by atoms with E-state index in [9.17, 15) is 9.59 Å². The van der Waals surface area contributed by atoms with Gasteiger partial charge in [0.25, 0.3) is 5.91 Å². The topological polar surface area (TPSA) is 107 Å². The number of para-hydroxylation sites is 1. The van der Waals surface area contributed by atoms with Gasteiger partial charge in [-0.3, -0.25) is 9.59 Å². The van der Waals surface area contributed by atoms with E-state index in [0.29, 0.717) is 44.0 Å². The molecule has 0 unspecified atom stereocenters. The number of furan rings is 1. The van der Waals surface area contributed by atoms with Gasteiger partial charge in [0.2, 0.25) is 11.0 Å². The standard InChI is InChI=1S/C22H22N6O3S2/c29-19(24-12-15-4-3-11-31-15)14-32-22-26-25-21(33-22)28-9-7-27(8-10-28)20(30)17-13-23-18-6-2-1-5-16(17)18/h1-6,11,13,23H,7-10,12,14H2,(H,24,29). The minimum Gasteiger partial charge on any atom is -0.467 e. The maximum absolute atomic E-state index is 13.0. The summed E-state index contributed by atoms with van der Waals surface area (Å²) in [4.78, 5) is 32.2. The lowest BCUT2D eigenvalue weighted by Gasteiger charge is -2.34. The highest BCUT2D eigenvalue weighted by Gasteiger charge is 2.25. The Labute approximate surface area is 198 Å². The third-order valence-electron chi connectivity index (χ3n) is 5.42. The molecule has 0 bridgehead atoms. The van der Waals surface area contributed by atoms with Crippen LogP contribution in [-0.4, -0.2) is 63.8 Å². The quantitative estimate of drug-likeness (QED) is 0.390. The highest BCUT2D eigenvalue weighted by molar-refractivity contribution is 8.01. The largest absolute Gasteiger partial charge is 0.467 e. The number of fused-ring (bicyclic) bond motifs is 1. The zero-order valence-electron chi connectivity index (χ0n) is 17.7. The van der Waals surface area contributed by atoms with Crippen LogP contribution in [0.1, 0.15) is 16.1 Å². The Kier molecular flexibility index (Phi) is 6.31. The van der Waals surface area contributed by atoms with Crippen molar-refractivity contribution in [2.75, 3.05) is 36.8 Å². The fourth-order valence-electron chi connectivity index (χ4n) is 3.69. The van der Waals surface area contributed by atoms with Crippen molar-refractivity contribution in [3.63, 3.8) is 0 Å². The van der Waals surface area contributed by atoms with Crippen molar-refractivity contribution in [1.82, 2.24) is 25.4 Å². The zero-order chi connectivity index (χ0) is 22.6. The first kappa shape index (κ1) is 21.5. The van der Waals surface area contributed by atoms with Crippen LogP contribution in [0.5, 0.6) is 0 Å². The van der Waals surface area contributed by atoms with Crippen LogP contribution in [-0.2, 0) is 11.3 Å². The molecular weight excluding hydrogens is 460 g/mol. The summed E-state index contributed by atoms with van der Waals surface area (Å²) in [6.07, 6.45) is 3.37. The molecule has 1 fully saturated rings. The van der Waals surface area contributed by atoms with Crippen molar-refractivity contribution >= 4 is 50.9 Å². The molecule has 3 aromatic heterocycles. The predicted octanol–water partition coefficient (Wildman–Crippen LogP) is 2.98. The molecule has 0 spiro atoms. The molecule has 4 heterocycles. The van der Waals surface area contributed by atoms with Gasteiger partial charge < -0.3 is 24.5 Å². The molecule has 4 aromatic rings. The SMILES string of the molecule is O=C(CSc1nnc(N2CCN(C(=O)c3c[nH]c4ccccc34)CC2)s1)NCc1ccco1. The molecule has 0 atom stereocenters. The summed E-state index contributed by atoms with van der Waals surface area (Å²) in [5.74, 6) is 0.940. The minimum absolute atomic E-state index is 0.0427. The Morgan fingerprint density at radius 2 is 1.97 bits per heavy atom. The monoisotopic (exact) mass is 482 g/mol. The predicted molar refractivity (Wildman–Crippen MR) is 128 cm³/mol. The number of nitrogens with one attached hydrogen (secondary N) is 2. The lowest BCUT2D eigenvalue weighted by atomic mass is 10.1. The number of anilines is 1. The number of carbonyl (C=O) groups excluding carboxylic acids is 2. The van der Waals surface area contributed by atoms with E-state index < -0.39 is 0 Å². The van der Waals surface area contributed by atoms with Gasteiger partial charge in [0.15, 0.2) is 4.34 Å². The van der Waals surface area contributed by atoms with Crippen LogP contribution >= 0.6 is 23.1 Å². The number of carbonyl (C=O) groups is 2. The van der Waals surface area contributed by atoms with Gasteiger partial charge in [-0.1, -0.05) is 41.3 Å². The number of aromatic amines is 1. The van der Waals surface area contributed by atoms with Crippen molar-refractivity contribution in [1.29, 1.82) is 0 Å². The van der Waals surface area contributed by atoms with E-state index in [0.717, 1.165) is 20.4 Å². The zero-order valence-corrected chi connectivity index (χ0v) is 19.3. The average Bonchev–Trinajstić information content (AvgIpc) is 3.62. The minimum atomic E-state index is -0.0856. The molecule has 33 heavy (non-hydrogen) atoms. The number of piperazine rings is 1. The molecule has 0 aliphatic carbocycles. The van der Waals surface area contributed by atoms with Crippen molar-refractivity contribution in [2.24, 2.45) is 0 Å². The number of hydrogen-bond donors (Lipinski definition) is 2. The highest BCUT2D eigenvalue weighted by Crippen LogP contribution is 2.29. The van der Waals surface area contributed by atoms with E-state index in [1.807, 2.05) is 35.2 Å². The van der Waals surface area contributed by atoms with E-state index in [4.69, 9.17) is 4.42 Å². The lowest BCUT2D eigenvalue weighted by Crippen LogP contribution is -2.48. The molecule has 2 N–H and O–H groups in total. The second-order valence-corrected chi connectivity index (χ2v) is 9.70. The van der Waals surface area contributed by atoms with Gasteiger partial charge in [-0.15, -0.1) is 10.2 Å². The van der Waals surface area contributed by atoms with Crippen LogP contribution in [0.15, 0.2) is 57.6 Å². The van der Waals surface area contributed by atoms with Gasteiger partial charge in [-0.05, 0) is 18.2 Å². The van der Waals surface area contributed by atoms with Crippen molar-refractivity contribution in [3.05, 3.63) is 60.2 Å². The van der Waals surface area contributed by atoms with Crippen LogP contribution in [0.25, 0.3) is 10.9 Å². The molecule has 0 radical (unpaired) electrons. The summed E-state index contributed by atoms with van der Waals surface area (Å²) in [7, 11) is 0. The van der Waals surface area contributed by atoms with E-state index in [-0.39, 0.29) is 17.6 Å². The van der Waals surface area contributed by atoms with E-state index in [1.54, 1.807) is 18.5 Å². The Hall–Kier alpha value is -3.31. The van der Waals surface area contributed by atoms with Crippen LogP contribution in [0.3, 0.4) is 0 Å². The summed E-state index contributed by atoms with van der Waals surface area (Å²) in [5.41, 5.74) is 1.67. The van der Waals surface area contributed by atoms with Crippen LogP contribution in [0.4, 0.5) is 5.13 Å². The smallest absolute Gasteiger partial charge is 0.256 e. The molecule has 9 nitrogen and oxygen atoms in total. The van der Waals surface area contributed by atoms with Gasteiger partial charge in [-0.2, -0.15) is 0 Å². The number of aromatic nitrogens is 3. The first-order chi connectivity index (χ1) is 16.2. The van der Waals surface area contributed by atoms with Gasteiger partial charge in [0.05, 0.1) is 24.1 Å². The Morgan fingerprint density at radius 1 is 1.12 bits per heavy atom. The van der Waals surface area contributed by atoms with Crippen LogP contribution < -0.4 is 10.2 Å². The van der Waals surface area contributed by atoms with Gasteiger partial charge in [-0.25, -0.2) is 0 Å². The number of H-pyrrole nitrogens is 1. The highest BCUT2D eigenvalue weighted by atomic mass is 32.2. The molecule has 1 aliphatic rings. The van der Waals surface area contributed by atoms with Crippen LogP contribution in [0.2, 0.25) is 0 Å². The summed E-state index contributed by atoms with van der Waals surface area (Å²) in [6.45, 7) is 2.99. The third kappa shape index (κ3) is 4.88. The summed E-state index contributed by atoms with van der Waals surface area (Å²) in [5, 5.41) is 13.1. The number of amides is 2. The second-order valence-electron chi connectivity index (χ2n) is 7.52. The number of thioether (sulfide) groups is 1. The Balaban J connectivity index is 1.11. The van der Waals surface area contributed by atoms with Gasteiger partial charge in [0, 0.05) is 43.3 Å². The van der Waals surface area contributed by atoms with Crippen LogP contribution in [0, 0.1) is 0 Å². The first-order valence-corrected chi connectivity index (χ1v) is 12.3. The van der Waals surface area contributed by atoms with E-state index in [1.165, 1.54) is 23.1 Å². The number of rotatable bonds is 7. The molecule has 11 heteroatoms. The Bertz CT molecular complexity index is 1240. The summed E-state index contributed by atoms with van der Waals surface area (Å²) in [6, 6.07) is 11.4. The van der Waals surface area contributed by atoms with E-state index >= 15 is 0 Å². The van der Waals surface area contributed by atoms with Crippen molar-refractivity contribution in [2.45, 2.75) is 10.9 Å². The summed E-state index contributed by atoms with van der Waals surface area (Å²) >= 11 is 2.83.